The highest BCUT2D eigenvalue weighted by Gasteiger charge is 2.34. The summed E-state index contributed by atoms with van der Waals surface area (Å²) in [5.74, 6) is 0.998. The number of likely N-dealkylation sites (tertiary alicyclic amines) is 1. The number of nitrogens with zero attached hydrogens (tertiary/aromatic N) is 4. The van der Waals surface area contributed by atoms with Crippen LogP contribution in [0.4, 0.5) is 0 Å². The zero-order chi connectivity index (χ0) is 18.1. The molecule has 0 aliphatic carbocycles. The van der Waals surface area contributed by atoms with Gasteiger partial charge in [-0.2, -0.15) is 4.98 Å². The quantitative estimate of drug-likeness (QED) is 0.721. The first-order valence-electron chi connectivity index (χ1n) is 8.76. The number of benzene rings is 1. The van der Waals surface area contributed by atoms with Crippen molar-refractivity contribution in [3.8, 4) is 11.4 Å². The molecule has 1 unspecified atom stereocenters. The molecule has 6 nitrogen and oxygen atoms in total. The molecule has 1 aliphatic heterocycles. The Balaban J connectivity index is 1.58. The average molecular weight is 348 g/mol. The van der Waals surface area contributed by atoms with Crippen LogP contribution in [0.25, 0.3) is 11.4 Å². The number of pyridine rings is 1. The number of amides is 1. The largest absolute Gasteiger partial charge is 0.337 e. The van der Waals surface area contributed by atoms with Gasteiger partial charge >= 0.3 is 0 Å². The van der Waals surface area contributed by atoms with Gasteiger partial charge in [-0.3, -0.25) is 9.78 Å². The number of hydrogen-bond donors (Lipinski definition) is 0. The van der Waals surface area contributed by atoms with Crippen LogP contribution in [0, 0.1) is 13.8 Å². The second kappa shape index (κ2) is 6.71. The Morgan fingerprint density at radius 2 is 1.96 bits per heavy atom. The second-order valence-electron chi connectivity index (χ2n) is 6.67. The second-order valence-corrected chi connectivity index (χ2v) is 6.67. The van der Waals surface area contributed by atoms with Gasteiger partial charge in [-0.25, -0.2) is 0 Å². The van der Waals surface area contributed by atoms with Crippen LogP contribution in [-0.2, 0) is 0 Å². The predicted octanol–water partition coefficient (Wildman–Crippen LogP) is 3.73. The van der Waals surface area contributed by atoms with E-state index in [1.165, 1.54) is 5.56 Å². The summed E-state index contributed by atoms with van der Waals surface area (Å²) in [6.07, 6.45) is 3.36. The van der Waals surface area contributed by atoms with E-state index in [1.807, 2.05) is 50.2 Å². The zero-order valence-corrected chi connectivity index (χ0v) is 14.8. The molecule has 4 rings (SSSR count). The average Bonchev–Trinajstić information content (AvgIpc) is 3.31. The molecule has 132 valence electrons. The minimum atomic E-state index is -0.185. The first kappa shape index (κ1) is 16.4. The molecule has 0 spiro atoms. The highest BCUT2D eigenvalue weighted by molar-refractivity contribution is 5.94. The first-order valence-corrected chi connectivity index (χ1v) is 8.76. The third kappa shape index (κ3) is 3.10. The van der Waals surface area contributed by atoms with Crippen molar-refractivity contribution in [3.63, 3.8) is 0 Å². The highest BCUT2D eigenvalue weighted by atomic mass is 16.5. The predicted molar refractivity (Wildman–Crippen MR) is 96.5 cm³/mol. The number of carbonyl (C=O) groups excluding carboxylic acids is 1. The molecular weight excluding hydrogens is 328 g/mol. The summed E-state index contributed by atoms with van der Waals surface area (Å²) >= 11 is 0. The number of carbonyl (C=O) groups is 1. The molecule has 0 saturated carbocycles. The van der Waals surface area contributed by atoms with E-state index in [4.69, 9.17) is 4.52 Å². The van der Waals surface area contributed by atoms with Gasteiger partial charge in [0.25, 0.3) is 5.91 Å². The van der Waals surface area contributed by atoms with Crippen LogP contribution >= 0.6 is 0 Å². The molecule has 3 aromatic rings. The first-order chi connectivity index (χ1) is 12.6. The topological polar surface area (TPSA) is 72.1 Å². The lowest BCUT2D eigenvalue weighted by Crippen LogP contribution is -2.30. The van der Waals surface area contributed by atoms with Gasteiger partial charge in [-0.1, -0.05) is 35.0 Å². The fourth-order valence-corrected chi connectivity index (χ4v) is 3.22. The van der Waals surface area contributed by atoms with Crippen molar-refractivity contribution >= 4 is 5.91 Å². The Kier molecular flexibility index (Phi) is 4.24. The van der Waals surface area contributed by atoms with Crippen LogP contribution in [0.5, 0.6) is 0 Å². The normalized spacial score (nSPS) is 16.8. The third-order valence-corrected chi connectivity index (χ3v) is 4.71. The molecule has 1 saturated heterocycles. The van der Waals surface area contributed by atoms with Gasteiger partial charge in [-0.15, -0.1) is 0 Å². The Labute approximate surface area is 151 Å². The maximum atomic E-state index is 12.9. The molecule has 2 aromatic heterocycles. The van der Waals surface area contributed by atoms with Crippen LogP contribution < -0.4 is 0 Å². The summed E-state index contributed by atoms with van der Waals surface area (Å²) in [5, 5.41) is 4.10. The summed E-state index contributed by atoms with van der Waals surface area (Å²) in [7, 11) is 0. The molecule has 26 heavy (non-hydrogen) atoms. The molecule has 1 fully saturated rings. The SMILES string of the molecule is Cc1ccc(-c2noc(C3CCCN3C(=O)c3ccc(C)nc3)n2)cc1. The number of aryl methyl sites for hydroxylation is 2. The van der Waals surface area contributed by atoms with Crippen molar-refractivity contribution in [2.45, 2.75) is 32.7 Å². The van der Waals surface area contributed by atoms with E-state index >= 15 is 0 Å². The number of hydrogen-bond acceptors (Lipinski definition) is 5. The Morgan fingerprint density at radius 3 is 2.69 bits per heavy atom. The fraction of sp³-hybridized carbons (Fsp3) is 0.300. The highest BCUT2D eigenvalue weighted by Crippen LogP contribution is 2.33. The van der Waals surface area contributed by atoms with E-state index in [2.05, 4.69) is 15.1 Å². The van der Waals surface area contributed by atoms with Gasteiger partial charge in [0.15, 0.2) is 0 Å². The molecule has 1 aliphatic rings. The minimum absolute atomic E-state index is 0.0462. The molecule has 1 atom stereocenters. The fourth-order valence-electron chi connectivity index (χ4n) is 3.22. The summed E-state index contributed by atoms with van der Waals surface area (Å²) < 4.78 is 5.50. The van der Waals surface area contributed by atoms with E-state index in [9.17, 15) is 4.79 Å². The van der Waals surface area contributed by atoms with Gasteiger partial charge in [0.1, 0.15) is 6.04 Å². The Hall–Kier alpha value is -3.02. The van der Waals surface area contributed by atoms with Crippen molar-refractivity contribution in [1.29, 1.82) is 0 Å². The maximum absolute atomic E-state index is 12.9. The van der Waals surface area contributed by atoms with Gasteiger partial charge in [0.2, 0.25) is 11.7 Å². The molecular formula is C20H20N4O2. The molecule has 1 aromatic carbocycles. The van der Waals surface area contributed by atoms with E-state index in [1.54, 1.807) is 11.1 Å². The van der Waals surface area contributed by atoms with Crippen LogP contribution in [0.3, 0.4) is 0 Å². The van der Waals surface area contributed by atoms with Crippen LogP contribution in [0.15, 0.2) is 47.1 Å². The summed E-state index contributed by atoms with van der Waals surface area (Å²) in [6, 6.07) is 11.4. The molecule has 0 N–H and O–H groups in total. The smallest absolute Gasteiger partial charge is 0.256 e. The molecule has 1 amide bonds. The lowest BCUT2D eigenvalue weighted by molar-refractivity contribution is 0.0709. The monoisotopic (exact) mass is 348 g/mol. The van der Waals surface area contributed by atoms with E-state index < -0.39 is 0 Å². The standard InChI is InChI=1S/C20H20N4O2/c1-13-5-8-15(9-6-13)18-22-19(26-23-18)17-4-3-11-24(17)20(25)16-10-7-14(2)21-12-16/h5-10,12,17H,3-4,11H2,1-2H3. The minimum Gasteiger partial charge on any atom is -0.337 e. The van der Waals surface area contributed by atoms with Crippen LogP contribution in [0.2, 0.25) is 0 Å². The number of aromatic nitrogens is 3. The van der Waals surface area contributed by atoms with E-state index in [0.29, 0.717) is 23.8 Å². The van der Waals surface area contributed by atoms with Crippen molar-refractivity contribution in [1.82, 2.24) is 20.0 Å². The molecule has 0 bridgehead atoms. The molecule has 6 heteroatoms. The van der Waals surface area contributed by atoms with Crippen LogP contribution in [-0.4, -0.2) is 32.5 Å². The maximum Gasteiger partial charge on any atom is 0.256 e. The van der Waals surface area contributed by atoms with E-state index in [0.717, 1.165) is 24.1 Å². The summed E-state index contributed by atoms with van der Waals surface area (Å²) in [6.45, 7) is 4.62. The van der Waals surface area contributed by atoms with E-state index in [-0.39, 0.29) is 11.9 Å². The Bertz CT molecular complexity index is 916. The summed E-state index contributed by atoms with van der Waals surface area (Å²) in [5.41, 5.74) is 3.56. The van der Waals surface area contributed by atoms with Gasteiger partial charge in [0, 0.05) is 24.0 Å². The lowest BCUT2D eigenvalue weighted by atomic mass is 10.1. The van der Waals surface area contributed by atoms with Crippen molar-refractivity contribution in [2.24, 2.45) is 0 Å². The Morgan fingerprint density at radius 1 is 1.15 bits per heavy atom. The van der Waals surface area contributed by atoms with Crippen LogP contribution in [0.1, 0.15) is 46.4 Å². The third-order valence-electron chi connectivity index (χ3n) is 4.71. The summed E-state index contributed by atoms with van der Waals surface area (Å²) in [4.78, 5) is 23.4. The van der Waals surface area contributed by atoms with Crippen molar-refractivity contribution in [3.05, 3.63) is 65.3 Å². The lowest BCUT2D eigenvalue weighted by Gasteiger charge is -2.21. The van der Waals surface area contributed by atoms with Crippen molar-refractivity contribution in [2.75, 3.05) is 6.54 Å². The van der Waals surface area contributed by atoms with Crippen molar-refractivity contribution < 1.29 is 9.32 Å². The van der Waals surface area contributed by atoms with Gasteiger partial charge < -0.3 is 9.42 Å². The zero-order valence-electron chi connectivity index (χ0n) is 14.8. The molecule has 3 heterocycles. The number of rotatable bonds is 3. The van der Waals surface area contributed by atoms with Gasteiger partial charge in [0.05, 0.1) is 5.56 Å². The molecule has 0 radical (unpaired) electrons. The van der Waals surface area contributed by atoms with Gasteiger partial charge in [-0.05, 0) is 38.8 Å².